The molecule has 24 heavy (non-hydrogen) atoms. The Bertz CT molecular complexity index is 749. The molecule has 128 valence electrons. The largest absolute Gasteiger partial charge is 0.381 e. The van der Waals surface area contributed by atoms with Crippen LogP contribution in [-0.4, -0.2) is 61.1 Å². The number of ether oxygens (including phenoxy) is 1. The maximum absolute atomic E-state index is 13.3. The fourth-order valence-corrected chi connectivity index (χ4v) is 4.62. The normalized spacial score (nSPS) is 20.5. The van der Waals surface area contributed by atoms with Crippen LogP contribution in [0.2, 0.25) is 0 Å². The van der Waals surface area contributed by atoms with Crippen molar-refractivity contribution in [2.45, 2.75) is 25.0 Å². The van der Waals surface area contributed by atoms with Gasteiger partial charge in [-0.25, -0.2) is 4.39 Å². The van der Waals surface area contributed by atoms with E-state index in [2.05, 4.69) is 4.90 Å². The van der Waals surface area contributed by atoms with Crippen molar-refractivity contribution in [2.75, 3.05) is 33.3 Å². The molecule has 0 saturated carbocycles. The Morgan fingerprint density at radius 1 is 1.25 bits per heavy atom. The number of fused-ring (bicyclic) bond motifs is 1. The number of benzene rings is 1. The number of likely N-dealkylation sites (tertiary alicyclic amines) is 2. The summed E-state index contributed by atoms with van der Waals surface area (Å²) in [6, 6.07) is 6.95. The predicted octanol–water partition coefficient (Wildman–Crippen LogP) is 2.98. The first-order chi connectivity index (χ1) is 11.6. The molecule has 6 heteroatoms. The van der Waals surface area contributed by atoms with Gasteiger partial charge in [-0.15, -0.1) is 11.3 Å². The number of halogens is 1. The van der Waals surface area contributed by atoms with Gasteiger partial charge >= 0.3 is 0 Å². The maximum Gasteiger partial charge on any atom is 0.264 e. The van der Waals surface area contributed by atoms with Crippen molar-refractivity contribution in [1.29, 1.82) is 0 Å². The molecule has 0 aliphatic carbocycles. The molecular formula is C18H21FN2O2S. The number of nitrogens with zero attached hydrogens (tertiary/aromatic N) is 2. The number of thiophene rings is 1. The molecule has 0 radical (unpaired) electrons. The Hall–Kier alpha value is -1.50. The molecule has 0 spiro atoms. The fourth-order valence-electron chi connectivity index (χ4n) is 3.60. The van der Waals surface area contributed by atoms with Gasteiger partial charge in [-0.2, -0.15) is 0 Å². The summed E-state index contributed by atoms with van der Waals surface area (Å²) in [5.41, 5.74) is 0. The summed E-state index contributed by atoms with van der Waals surface area (Å²) < 4.78 is 19.7. The molecule has 4 nitrogen and oxygen atoms in total. The van der Waals surface area contributed by atoms with Crippen LogP contribution in [-0.2, 0) is 4.74 Å². The van der Waals surface area contributed by atoms with Crippen molar-refractivity contribution in [3.8, 4) is 0 Å². The molecule has 1 aromatic carbocycles. The molecular weight excluding hydrogens is 327 g/mol. The van der Waals surface area contributed by atoms with Gasteiger partial charge in [0, 0.05) is 44.0 Å². The second-order valence-electron chi connectivity index (χ2n) is 6.63. The van der Waals surface area contributed by atoms with E-state index in [1.54, 1.807) is 13.2 Å². The van der Waals surface area contributed by atoms with Crippen LogP contribution in [0.5, 0.6) is 0 Å². The van der Waals surface area contributed by atoms with Gasteiger partial charge in [0.1, 0.15) is 5.82 Å². The minimum Gasteiger partial charge on any atom is -0.381 e. The predicted molar refractivity (Wildman–Crippen MR) is 93.1 cm³/mol. The lowest BCUT2D eigenvalue weighted by Gasteiger charge is -2.47. The summed E-state index contributed by atoms with van der Waals surface area (Å²) in [5, 5.41) is 0.807. The minimum absolute atomic E-state index is 0.0691. The standard InChI is InChI=1S/C18H21FN2O2S/c1-23-15-4-6-20(7-5-15)14-10-21(11-14)18(22)17-9-12-8-13(19)2-3-16(12)24-17/h2-3,8-9,14-15H,4-7,10-11H2,1H3. The van der Waals surface area contributed by atoms with Crippen LogP contribution < -0.4 is 0 Å². The lowest BCUT2D eigenvalue weighted by molar-refractivity contribution is -0.0118. The summed E-state index contributed by atoms with van der Waals surface area (Å²) >= 11 is 1.44. The number of hydrogen-bond acceptors (Lipinski definition) is 4. The fraction of sp³-hybridized carbons (Fsp3) is 0.500. The number of rotatable bonds is 3. The molecule has 0 unspecified atom stereocenters. The highest BCUT2D eigenvalue weighted by atomic mass is 32.1. The Morgan fingerprint density at radius 2 is 2.00 bits per heavy atom. The van der Waals surface area contributed by atoms with E-state index in [0.717, 1.165) is 49.1 Å². The van der Waals surface area contributed by atoms with Crippen molar-refractivity contribution < 1.29 is 13.9 Å². The molecule has 2 fully saturated rings. The van der Waals surface area contributed by atoms with Crippen molar-refractivity contribution in [3.63, 3.8) is 0 Å². The first-order valence-corrected chi connectivity index (χ1v) is 9.21. The lowest BCUT2D eigenvalue weighted by Crippen LogP contribution is -2.62. The van der Waals surface area contributed by atoms with Crippen LogP contribution in [0.15, 0.2) is 24.3 Å². The lowest BCUT2D eigenvalue weighted by atomic mass is 10.0. The molecule has 2 aliphatic rings. The summed E-state index contributed by atoms with van der Waals surface area (Å²) in [6.45, 7) is 3.68. The summed E-state index contributed by atoms with van der Waals surface area (Å²) in [5.74, 6) is -0.192. The van der Waals surface area contributed by atoms with E-state index in [4.69, 9.17) is 4.74 Å². The van der Waals surface area contributed by atoms with E-state index < -0.39 is 0 Å². The van der Waals surface area contributed by atoms with Crippen LogP contribution in [0.25, 0.3) is 10.1 Å². The van der Waals surface area contributed by atoms with Crippen molar-refractivity contribution in [1.82, 2.24) is 9.80 Å². The molecule has 0 N–H and O–H groups in total. The quantitative estimate of drug-likeness (QED) is 0.855. The zero-order valence-electron chi connectivity index (χ0n) is 13.7. The number of piperidine rings is 1. The van der Waals surface area contributed by atoms with E-state index in [1.807, 2.05) is 11.0 Å². The number of methoxy groups -OCH3 is 1. The zero-order chi connectivity index (χ0) is 16.7. The molecule has 2 saturated heterocycles. The molecule has 3 heterocycles. The van der Waals surface area contributed by atoms with E-state index >= 15 is 0 Å². The van der Waals surface area contributed by atoms with Crippen LogP contribution in [0.1, 0.15) is 22.5 Å². The van der Waals surface area contributed by atoms with Crippen molar-refractivity contribution in [2.24, 2.45) is 0 Å². The average Bonchev–Trinajstić information content (AvgIpc) is 2.97. The van der Waals surface area contributed by atoms with Gasteiger partial charge in [-0.3, -0.25) is 9.69 Å². The smallest absolute Gasteiger partial charge is 0.264 e. The number of carbonyl (C=O) groups is 1. The van der Waals surface area contributed by atoms with Gasteiger partial charge in [0.2, 0.25) is 0 Å². The summed E-state index contributed by atoms with van der Waals surface area (Å²) in [7, 11) is 1.78. The van der Waals surface area contributed by atoms with E-state index in [1.165, 1.54) is 23.5 Å². The van der Waals surface area contributed by atoms with E-state index in [-0.39, 0.29) is 11.7 Å². The van der Waals surface area contributed by atoms with Gasteiger partial charge in [0.15, 0.2) is 0 Å². The maximum atomic E-state index is 13.3. The van der Waals surface area contributed by atoms with Crippen molar-refractivity contribution >= 4 is 27.3 Å². The van der Waals surface area contributed by atoms with Crippen LogP contribution >= 0.6 is 11.3 Å². The summed E-state index contributed by atoms with van der Waals surface area (Å²) in [4.78, 5) is 17.7. The number of hydrogen-bond donors (Lipinski definition) is 0. The van der Waals surface area contributed by atoms with Gasteiger partial charge in [-0.05, 0) is 42.5 Å². The third-order valence-corrected chi connectivity index (χ3v) is 6.27. The SMILES string of the molecule is COC1CCN(C2CN(C(=O)c3cc4cc(F)ccc4s3)C2)CC1. The van der Waals surface area contributed by atoms with Crippen LogP contribution in [0, 0.1) is 5.82 Å². The van der Waals surface area contributed by atoms with E-state index in [9.17, 15) is 9.18 Å². The molecule has 2 aliphatic heterocycles. The van der Waals surface area contributed by atoms with Gasteiger partial charge in [0.05, 0.1) is 11.0 Å². The van der Waals surface area contributed by atoms with E-state index in [0.29, 0.717) is 17.0 Å². The number of amides is 1. The first kappa shape index (κ1) is 16.0. The minimum atomic E-state index is -0.261. The monoisotopic (exact) mass is 348 g/mol. The Morgan fingerprint density at radius 3 is 2.71 bits per heavy atom. The van der Waals surface area contributed by atoms with Crippen LogP contribution in [0.4, 0.5) is 4.39 Å². The average molecular weight is 348 g/mol. The topological polar surface area (TPSA) is 32.8 Å². The zero-order valence-corrected chi connectivity index (χ0v) is 14.5. The van der Waals surface area contributed by atoms with Gasteiger partial charge in [-0.1, -0.05) is 0 Å². The third-order valence-electron chi connectivity index (χ3n) is 5.16. The van der Waals surface area contributed by atoms with Crippen LogP contribution in [0.3, 0.4) is 0 Å². The third kappa shape index (κ3) is 2.94. The Kier molecular flexibility index (Phi) is 4.28. The summed E-state index contributed by atoms with van der Waals surface area (Å²) in [6.07, 6.45) is 2.53. The van der Waals surface area contributed by atoms with Gasteiger partial charge < -0.3 is 9.64 Å². The number of carbonyl (C=O) groups excluding carboxylic acids is 1. The second kappa shape index (κ2) is 6.43. The molecule has 4 rings (SSSR count). The van der Waals surface area contributed by atoms with Crippen molar-refractivity contribution in [3.05, 3.63) is 35.0 Å². The van der Waals surface area contributed by atoms with Gasteiger partial charge in [0.25, 0.3) is 5.91 Å². The molecule has 1 aromatic heterocycles. The highest BCUT2D eigenvalue weighted by Gasteiger charge is 2.37. The molecule has 0 bridgehead atoms. The molecule has 0 atom stereocenters. The molecule has 1 amide bonds. The highest BCUT2D eigenvalue weighted by molar-refractivity contribution is 7.20. The molecule has 2 aromatic rings. The Balaban J connectivity index is 1.36. The first-order valence-electron chi connectivity index (χ1n) is 8.39. The Labute approximate surface area is 144 Å². The second-order valence-corrected chi connectivity index (χ2v) is 7.71. The highest BCUT2D eigenvalue weighted by Crippen LogP contribution is 2.29.